The van der Waals surface area contributed by atoms with Gasteiger partial charge >= 0.3 is 0 Å². The van der Waals surface area contributed by atoms with Crippen molar-refractivity contribution in [1.82, 2.24) is 5.32 Å². The standard InChI is InChI=1S/C14H22F3NO3.CH2O2/c15-6-9-5-10(12(20)13(21)11(9)19)18-7-8-1-3-14(16,17)4-2-8;2-1-3/h5,8,10-13,18-21H,1-4,6-7H2;1H,(H,2,3)/t10-,11+,12+,13+;/m1./s1. The molecule has 0 aromatic carbocycles. The highest BCUT2D eigenvalue weighted by Crippen LogP contribution is 2.36. The van der Waals surface area contributed by atoms with E-state index in [1.54, 1.807) is 0 Å². The van der Waals surface area contributed by atoms with Crippen LogP contribution >= 0.6 is 0 Å². The van der Waals surface area contributed by atoms with Gasteiger partial charge in [0.2, 0.25) is 5.92 Å². The molecular formula is C15H24F3NO5. The molecule has 0 aromatic heterocycles. The second-order valence-electron chi connectivity index (χ2n) is 6.14. The minimum atomic E-state index is -2.58. The van der Waals surface area contributed by atoms with Crippen molar-refractivity contribution in [1.29, 1.82) is 0 Å². The summed E-state index contributed by atoms with van der Waals surface area (Å²) < 4.78 is 38.9. The molecule has 0 saturated heterocycles. The number of aliphatic hydroxyl groups is 3. The summed E-state index contributed by atoms with van der Waals surface area (Å²) in [6, 6.07) is -0.684. The molecule has 0 amide bonds. The summed E-state index contributed by atoms with van der Waals surface area (Å²) in [5, 5.41) is 39.0. The summed E-state index contributed by atoms with van der Waals surface area (Å²) in [5.74, 6) is -2.51. The van der Waals surface area contributed by atoms with Gasteiger partial charge in [-0.3, -0.25) is 4.79 Å². The summed E-state index contributed by atoms with van der Waals surface area (Å²) >= 11 is 0. The van der Waals surface area contributed by atoms with Gasteiger partial charge in [-0.1, -0.05) is 6.08 Å². The first-order chi connectivity index (χ1) is 11.3. The fraction of sp³-hybridized carbons (Fsp3) is 0.800. The van der Waals surface area contributed by atoms with E-state index in [1.807, 2.05) is 0 Å². The molecule has 2 rings (SSSR count). The van der Waals surface area contributed by atoms with Crippen molar-refractivity contribution in [3.63, 3.8) is 0 Å². The Morgan fingerprint density at radius 1 is 1.21 bits per heavy atom. The van der Waals surface area contributed by atoms with Crippen LogP contribution in [0.25, 0.3) is 0 Å². The highest BCUT2D eigenvalue weighted by molar-refractivity contribution is 5.32. The average molecular weight is 355 g/mol. The zero-order chi connectivity index (χ0) is 18.3. The Morgan fingerprint density at radius 2 is 1.75 bits per heavy atom. The van der Waals surface area contributed by atoms with Crippen molar-refractivity contribution in [2.24, 2.45) is 5.92 Å². The lowest BCUT2D eigenvalue weighted by Gasteiger charge is -2.36. The molecule has 1 saturated carbocycles. The summed E-state index contributed by atoms with van der Waals surface area (Å²) in [7, 11) is 0. The molecule has 1 fully saturated rings. The molecule has 2 aliphatic carbocycles. The van der Waals surface area contributed by atoms with Gasteiger partial charge in [0.1, 0.15) is 25.0 Å². The van der Waals surface area contributed by atoms with Crippen LogP contribution in [-0.2, 0) is 4.79 Å². The van der Waals surface area contributed by atoms with Crippen molar-refractivity contribution < 1.29 is 38.4 Å². The van der Waals surface area contributed by atoms with Crippen molar-refractivity contribution in [3.05, 3.63) is 11.6 Å². The van der Waals surface area contributed by atoms with Crippen molar-refractivity contribution in [2.75, 3.05) is 13.2 Å². The number of nitrogens with one attached hydrogen (secondary N) is 1. The number of carbonyl (C=O) groups is 1. The molecule has 0 bridgehead atoms. The molecular weight excluding hydrogens is 331 g/mol. The largest absolute Gasteiger partial charge is 0.483 e. The predicted octanol–water partition coefficient (Wildman–Crippen LogP) is 0.463. The van der Waals surface area contributed by atoms with E-state index in [0.29, 0.717) is 19.4 Å². The van der Waals surface area contributed by atoms with Crippen molar-refractivity contribution in [3.8, 4) is 0 Å². The molecule has 5 N–H and O–H groups in total. The van der Waals surface area contributed by atoms with E-state index in [9.17, 15) is 28.5 Å². The van der Waals surface area contributed by atoms with E-state index in [0.717, 1.165) is 0 Å². The van der Waals surface area contributed by atoms with E-state index in [1.165, 1.54) is 6.08 Å². The van der Waals surface area contributed by atoms with Crippen LogP contribution in [0.15, 0.2) is 11.6 Å². The zero-order valence-electron chi connectivity index (χ0n) is 13.1. The Hall–Kier alpha value is -1.16. The van der Waals surface area contributed by atoms with Crippen LogP contribution in [-0.4, -0.2) is 70.4 Å². The molecule has 0 aromatic rings. The van der Waals surface area contributed by atoms with Crippen LogP contribution in [0.2, 0.25) is 0 Å². The molecule has 140 valence electrons. The lowest BCUT2D eigenvalue weighted by Crippen LogP contribution is -2.54. The van der Waals surface area contributed by atoms with Gasteiger partial charge < -0.3 is 25.7 Å². The van der Waals surface area contributed by atoms with Gasteiger partial charge in [-0.05, 0) is 30.9 Å². The van der Waals surface area contributed by atoms with Gasteiger partial charge in [0.05, 0.1) is 6.04 Å². The third-order valence-electron chi connectivity index (χ3n) is 4.45. The zero-order valence-corrected chi connectivity index (χ0v) is 13.1. The maximum Gasteiger partial charge on any atom is 0.290 e. The third-order valence-corrected chi connectivity index (χ3v) is 4.45. The summed E-state index contributed by atoms with van der Waals surface area (Å²) in [6.45, 7) is -0.741. The van der Waals surface area contributed by atoms with Crippen LogP contribution in [0.4, 0.5) is 13.2 Å². The highest BCUT2D eigenvalue weighted by Gasteiger charge is 2.38. The second-order valence-corrected chi connectivity index (χ2v) is 6.14. The molecule has 6 nitrogen and oxygen atoms in total. The minimum absolute atomic E-state index is 0.0282. The Labute approximate surface area is 138 Å². The highest BCUT2D eigenvalue weighted by atomic mass is 19.3. The van der Waals surface area contributed by atoms with E-state index < -0.39 is 37.0 Å². The normalized spacial score (nSPS) is 33.2. The number of carboxylic acid groups (broad SMARTS) is 1. The van der Waals surface area contributed by atoms with Gasteiger partial charge in [0.25, 0.3) is 6.47 Å². The lowest BCUT2D eigenvalue weighted by molar-refractivity contribution is -0.122. The van der Waals surface area contributed by atoms with E-state index in [-0.39, 0.29) is 30.8 Å². The Morgan fingerprint density at radius 3 is 2.25 bits per heavy atom. The molecule has 9 heteroatoms. The lowest BCUT2D eigenvalue weighted by atomic mass is 9.85. The van der Waals surface area contributed by atoms with Crippen molar-refractivity contribution in [2.45, 2.75) is 56.0 Å². The fourth-order valence-electron chi connectivity index (χ4n) is 2.96. The number of halogens is 3. The first-order valence-electron chi connectivity index (χ1n) is 7.75. The number of hydrogen-bond donors (Lipinski definition) is 5. The number of hydrogen-bond acceptors (Lipinski definition) is 5. The quantitative estimate of drug-likeness (QED) is 0.370. The number of aliphatic hydroxyl groups excluding tert-OH is 3. The second kappa shape index (κ2) is 9.36. The predicted molar refractivity (Wildman–Crippen MR) is 79.5 cm³/mol. The summed E-state index contributed by atoms with van der Waals surface area (Å²) in [5.41, 5.74) is 0.0282. The molecule has 0 spiro atoms. The van der Waals surface area contributed by atoms with Gasteiger partial charge in [0, 0.05) is 12.8 Å². The van der Waals surface area contributed by atoms with Crippen LogP contribution < -0.4 is 5.32 Å². The maximum absolute atomic E-state index is 13.1. The smallest absolute Gasteiger partial charge is 0.290 e. The molecule has 0 unspecified atom stereocenters. The van der Waals surface area contributed by atoms with Gasteiger partial charge in [-0.25, -0.2) is 13.2 Å². The first-order valence-corrected chi connectivity index (χ1v) is 7.75. The fourth-order valence-corrected chi connectivity index (χ4v) is 2.96. The van der Waals surface area contributed by atoms with Crippen LogP contribution in [0.5, 0.6) is 0 Å². The van der Waals surface area contributed by atoms with Crippen molar-refractivity contribution >= 4 is 6.47 Å². The molecule has 2 aliphatic rings. The van der Waals surface area contributed by atoms with Crippen LogP contribution in [0.3, 0.4) is 0 Å². The Bertz CT molecular complexity index is 425. The molecule has 0 radical (unpaired) electrons. The topological polar surface area (TPSA) is 110 Å². The van der Waals surface area contributed by atoms with E-state index in [2.05, 4.69) is 5.32 Å². The summed E-state index contributed by atoms with van der Waals surface area (Å²) in [6.07, 6.45) is -2.22. The first kappa shape index (κ1) is 20.9. The third kappa shape index (κ3) is 5.73. The minimum Gasteiger partial charge on any atom is -0.483 e. The maximum atomic E-state index is 13.1. The molecule has 0 heterocycles. The van der Waals surface area contributed by atoms with Gasteiger partial charge in [-0.15, -0.1) is 0 Å². The number of alkyl halides is 3. The molecule has 4 atom stereocenters. The number of rotatable bonds is 4. The van der Waals surface area contributed by atoms with E-state index >= 15 is 0 Å². The van der Waals surface area contributed by atoms with Crippen LogP contribution in [0.1, 0.15) is 25.7 Å². The van der Waals surface area contributed by atoms with Gasteiger partial charge in [-0.2, -0.15) is 0 Å². The van der Waals surface area contributed by atoms with Gasteiger partial charge in [0.15, 0.2) is 0 Å². The molecule has 24 heavy (non-hydrogen) atoms. The van der Waals surface area contributed by atoms with Crippen LogP contribution in [0, 0.1) is 5.92 Å². The average Bonchev–Trinajstić information content (AvgIpc) is 2.54. The monoisotopic (exact) mass is 355 g/mol. The SMILES string of the molecule is O=CO.O[C@@H]1[C@@H](O)[C@@H](O)C(CF)=C[C@H]1NCC1CCC(F)(F)CC1. The van der Waals surface area contributed by atoms with E-state index in [4.69, 9.17) is 9.90 Å². The Kier molecular flexibility index (Phi) is 8.14. The Balaban J connectivity index is 0.000000891. The summed E-state index contributed by atoms with van der Waals surface area (Å²) in [4.78, 5) is 8.36. The molecule has 0 aliphatic heterocycles.